The maximum Gasteiger partial charge on any atom is 0.260 e. The molecule has 5 nitrogen and oxygen atoms in total. The van der Waals surface area contributed by atoms with E-state index in [1.54, 1.807) is 6.07 Å². The summed E-state index contributed by atoms with van der Waals surface area (Å²) < 4.78 is 0. The van der Waals surface area contributed by atoms with Crippen molar-refractivity contribution < 1.29 is 4.79 Å². The summed E-state index contributed by atoms with van der Waals surface area (Å²) in [5, 5.41) is 2.73. The highest BCUT2D eigenvalue weighted by molar-refractivity contribution is 6.07. The lowest BCUT2D eigenvalue weighted by Gasteiger charge is -2.08. The van der Waals surface area contributed by atoms with Gasteiger partial charge in [-0.25, -0.2) is 4.98 Å². The van der Waals surface area contributed by atoms with Gasteiger partial charge in [0.15, 0.2) is 0 Å². The summed E-state index contributed by atoms with van der Waals surface area (Å²) in [6, 6.07) is 5.42. The lowest BCUT2D eigenvalue weighted by atomic mass is 10.2. The third-order valence-corrected chi connectivity index (χ3v) is 2.66. The Hall–Kier alpha value is -2.43. The first kappa shape index (κ1) is 13.0. The molecule has 0 atom stereocenters. The number of nitrogens with zero attached hydrogens (tertiary/aromatic N) is 2. The number of carbonyl (C=O) groups excluding carboxylic acids is 1. The van der Waals surface area contributed by atoms with Crippen LogP contribution >= 0.6 is 0 Å². The summed E-state index contributed by atoms with van der Waals surface area (Å²) >= 11 is 0. The lowest BCUT2D eigenvalue weighted by Crippen LogP contribution is -2.15. The molecule has 3 N–H and O–H groups in total. The molecule has 19 heavy (non-hydrogen) atoms. The number of anilines is 2. The number of nitrogens with one attached hydrogen (secondary N) is 1. The van der Waals surface area contributed by atoms with E-state index in [0.29, 0.717) is 17.1 Å². The first-order valence-corrected chi connectivity index (χ1v) is 5.94. The van der Waals surface area contributed by atoms with E-state index in [-0.39, 0.29) is 5.91 Å². The van der Waals surface area contributed by atoms with E-state index in [9.17, 15) is 4.79 Å². The maximum atomic E-state index is 12.1. The minimum absolute atomic E-state index is 0.303. The number of pyridine rings is 2. The molecule has 0 aliphatic heterocycles. The van der Waals surface area contributed by atoms with Crippen LogP contribution < -0.4 is 11.1 Å². The highest BCUT2D eigenvalue weighted by Crippen LogP contribution is 2.15. The van der Waals surface area contributed by atoms with Crippen LogP contribution in [0.2, 0.25) is 0 Å². The fraction of sp³-hybridized carbons (Fsp3) is 0.214. The summed E-state index contributed by atoms with van der Waals surface area (Å²) in [7, 11) is 0. The Labute approximate surface area is 111 Å². The van der Waals surface area contributed by atoms with Crippen molar-refractivity contribution in [3.05, 3.63) is 46.9 Å². The van der Waals surface area contributed by atoms with E-state index in [2.05, 4.69) is 15.3 Å². The lowest BCUT2D eigenvalue weighted by molar-refractivity contribution is 0.102. The van der Waals surface area contributed by atoms with Gasteiger partial charge in [0.25, 0.3) is 5.91 Å². The smallest absolute Gasteiger partial charge is 0.260 e. The van der Waals surface area contributed by atoms with Crippen LogP contribution in [0.4, 0.5) is 11.5 Å². The second-order valence-corrected chi connectivity index (χ2v) is 4.54. The van der Waals surface area contributed by atoms with Crippen LogP contribution in [0.25, 0.3) is 0 Å². The second-order valence-electron chi connectivity index (χ2n) is 4.54. The fourth-order valence-corrected chi connectivity index (χ4v) is 1.86. The molecule has 0 aromatic carbocycles. The highest BCUT2D eigenvalue weighted by atomic mass is 16.1. The molecule has 0 spiro atoms. The number of hydrogen-bond acceptors (Lipinski definition) is 4. The monoisotopic (exact) mass is 256 g/mol. The van der Waals surface area contributed by atoms with Crippen molar-refractivity contribution in [1.82, 2.24) is 9.97 Å². The molecule has 98 valence electrons. The van der Waals surface area contributed by atoms with Crippen molar-refractivity contribution in [2.75, 3.05) is 11.1 Å². The number of rotatable bonds is 2. The number of aryl methyl sites for hydroxylation is 3. The molecule has 2 rings (SSSR count). The van der Waals surface area contributed by atoms with Crippen LogP contribution in [0.1, 0.15) is 27.3 Å². The van der Waals surface area contributed by atoms with Gasteiger partial charge in [0.1, 0.15) is 5.82 Å². The molecule has 1 amide bonds. The summed E-state index contributed by atoms with van der Waals surface area (Å²) in [6.45, 7) is 5.65. The van der Waals surface area contributed by atoms with Crippen LogP contribution in [-0.2, 0) is 0 Å². The number of hydrogen-bond donors (Lipinski definition) is 2. The fourth-order valence-electron chi connectivity index (χ4n) is 1.86. The number of amides is 1. The van der Waals surface area contributed by atoms with Gasteiger partial charge < -0.3 is 11.1 Å². The first-order valence-electron chi connectivity index (χ1n) is 5.94. The van der Waals surface area contributed by atoms with E-state index in [1.165, 1.54) is 6.20 Å². The van der Waals surface area contributed by atoms with E-state index in [1.807, 2.05) is 32.9 Å². The van der Waals surface area contributed by atoms with Crippen molar-refractivity contribution >= 4 is 17.4 Å². The van der Waals surface area contributed by atoms with Crippen LogP contribution in [0.5, 0.6) is 0 Å². The normalized spacial score (nSPS) is 10.3. The molecule has 0 fully saturated rings. The van der Waals surface area contributed by atoms with Crippen LogP contribution in [0.3, 0.4) is 0 Å². The number of aromatic nitrogens is 2. The molecule has 2 aromatic rings. The molecule has 2 aromatic heterocycles. The third-order valence-electron chi connectivity index (χ3n) is 2.66. The molecule has 5 heteroatoms. The van der Waals surface area contributed by atoms with E-state index in [4.69, 9.17) is 5.73 Å². The average molecular weight is 256 g/mol. The average Bonchev–Trinajstić information content (AvgIpc) is 2.26. The van der Waals surface area contributed by atoms with Crippen molar-refractivity contribution in [1.29, 1.82) is 0 Å². The van der Waals surface area contributed by atoms with Gasteiger partial charge in [-0.2, -0.15) is 0 Å². The molecule has 0 aliphatic rings. The zero-order chi connectivity index (χ0) is 14.0. The third kappa shape index (κ3) is 3.07. The van der Waals surface area contributed by atoms with Gasteiger partial charge in [0, 0.05) is 23.3 Å². The SMILES string of the molecule is Cc1cc(C)nc(NC(=O)c2cnc(C)cc2N)c1. The van der Waals surface area contributed by atoms with Crippen molar-refractivity contribution in [3.8, 4) is 0 Å². The molecule has 0 radical (unpaired) electrons. The Morgan fingerprint density at radius 3 is 2.53 bits per heavy atom. The summed E-state index contributed by atoms with van der Waals surface area (Å²) in [5.41, 5.74) is 9.25. The van der Waals surface area contributed by atoms with Crippen LogP contribution in [-0.4, -0.2) is 15.9 Å². The predicted molar refractivity (Wildman–Crippen MR) is 75.1 cm³/mol. The van der Waals surface area contributed by atoms with E-state index in [0.717, 1.165) is 17.0 Å². The van der Waals surface area contributed by atoms with Crippen LogP contribution in [0.15, 0.2) is 24.4 Å². The quantitative estimate of drug-likeness (QED) is 0.863. The molecular weight excluding hydrogens is 240 g/mol. The van der Waals surface area contributed by atoms with Gasteiger partial charge in [0.2, 0.25) is 0 Å². The van der Waals surface area contributed by atoms with Gasteiger partial charge in [-0.15, -0.1) is 0 Å². The summed E-state index contributed by atoms with van der Waals surface area (Å²) in [4.78, 5) is 20.4. The Morgan fingerprint density at radius 1 is 1.16 bits per heavy atom. The Bertz CT molecular complexity index is 617. The predicted octanol–water partition coefficient (Wildman–Crippen LogP) is 2.24. The highest BCUT2D eigenvalue weighted by Gasteiger charge is 2.11. The molecule has 0 saturated carbocycles. The van der Waals surface area contributed by atoms with Gasteiger partial charge in [-0.05, 0) is 44.5 Å². The van der Waals surface area contributed by atoms with Crippen molar-refractivity contribution in [2.45, 2.75) is 20.8 Å². The molecule has 0 unspecified atom stereocenters. The maximum absolute atomic E-state index is 12.1. The first-order chi connectivity index (χ1) is 8.95. The molecule has 2 heterocycles. The number of nitrogen functional groups attached to an aromatic ring is 1. The van der Waals surface area contributed by atoms with Crippen LogP contribution in [0, 0.1) is 20.8 Å². The minimum Gasteiger partial charge on any atom is -0.398 e. The molecular formula is C14H16N4O. The summed E-state index contributed by atoms with van der Waals surface area (Å²) in [6.07, 6.45) is 1.47. The molecule has 0 bridgehead atoms. The molecule has 0 aliphatic carbocycles. The zero-order valence-corrected chi connectivity index (χ0v) is 11.2. The zero-order valence-electron chi connectivity index (χ0n) is 11.2. The van der Waals surface area contributed by atoms with Gasteiger partial charge in [0.05, 0.1) is 5.56 Å². The van der Waals surface area contributed by atoms with Gasteiger partial charge in [-0.1, -0.05) is 0 Å². The van der Waals surface area contributed by atoms with Gasteiger partial charge in [-0.3, -0.25) is 9.78 Å². The van der Waals surface area contributed by atoms with Gasteiger partial charge >= 0.3 is 0 Å². The molecule has 0 saturated heterocycles. The summed E-state index contributed by atoms with van der Waals surface area (Å²) in [5.74, 6) is 0.213. The minimum atomic E-state index is -0.303. The second kappa shape index (κ2) is 5.06. The Balaban J connectivity index is 2.25. The topological polar surface area (TPSA) is 80.9 Å². The standard InChI is InChI=1S/C14H16N4O/c1-8-4-10(3)17-13(5-8)18-14(19)11-7-16-9(2)6-12(11)15/h4-7H,1-3H3,(H2,15,16)(H,17,18,19). The van der Waals surface area contributed by atoms with E-state index >= 15 is 0 Å². The largest absolute Gasteiger partial charge is 0.398 e. The van der Waals surface area contributed by atoms with Crippen molar-refractivity contribution in [3.63, 3.8) is 0 Å². The van der Waals surface area contributed by atoms with E-state index < -0.39 is 0 Å². The number of nitrogens with two attached hydrogens (primary N) is 1. The van der Waals surface area contributed by atoms with Crippen molar-refractivity contribution in [2.24, 2.45) is 0 Å². The number of carbonyl (C=O) groups is 1. The Kier molecular flexibility index (Phi) is 3.46. The Morgan fingerprint density at radius 2 is 1.89 bits per heavy atom.